The summed E-state index contributed by atoms with van der Waals surface area (Å²) < 4.78 is 18.7. The molecule has 1 aliphatic rings. The highest BCUT2D eigenvalue weighted by Crippen LogP contribution is 2.33. The Morgan fingerprint density at radius 2 is 1.79 bits per heavy atom. The molecular weight excluding hydrogens is 671 g/mol. The van der Waals surface area contributed by atoms with Gasteiger partial charge in [0.2, 0.25) is 0 Å². The number of hydrazone groups is 1. The smallest absolute Gasteiger partial charge is 0.344 e. The second kappa shape index (κ2) is 10.7. The lowest BCUT2D eigenvalue weighted by Crippen LogP contribution is -2.19. The first kappa shape index (κ1) is 23.7. The van der Waals surface area contributed by atoms with Crippen LogP contribution >= 0.6 is 54.5 Å². The topological polar surface area (TPSA) is 86.2 Å². The summed E-state index contributed by atoms with van der Waals surface area (Å²) in [6, 6.07) is 15.5. The molecular formula is C23H15Br2IN2O5. The van der Waals surface area contributed by atoms with E-state index in [0.29, 0.717) is 45.9 Å². The summed E-state index contributed by atoms with van der Waals surface area (Å²) in [6.45, 7) is 0.902. The predicted octanol–water partition coefficient (Wildman–Crippen LogP) is 5.57. The third-order valence-corrected chi connectivity index (χ3v) is 6.49. The maximum atomic E-state index is 12.7. The molecule has 0 radical (unpaired) electrons. The number of rotatable bonds is 5. The molecule has 0 aliphatic carbocycles. The van der Waals surface area contributed by atoms with Gasteiger partial charge in [0.25, 0.3) is 5.91 Å². The molecule has 3 aromatic carbocycles. The van der Waals surface area contributed by atoms with E-state index in [1.165, 1.54) is 6.21 Å². The fourth-order valence-electron chi connectivity index (χ4n) is 2.97. The van der Waals surface area contributed by atoms with Crippen molar-refractivity contribution in [1.29, 1.82) is 0 Å². The Morgan fingerprint density at radius 1 is 1.03 bits per heavy atom. The zero-order valence-corrected chi connectivity index (χ0v) is 22.1. The van der Waals surface area contributed by atoms with E-state index in [2.05, 4.69) is 65.0 Å². The van der Waals surface area contributed by atoms with E-state index >= 15 is 0 Å². The number of carbonyl (C=O) groups excluding carboxylic acids is 2. The molecule has 1 amide bonds. The van der Waals surface area contributed by atoms with Crippen LogP contribution in [-0.4, -0.2) is 31.3 Å². The SMILES string of the molecule is O=C(N/N=C\c1cc(Br)cc(Br)c1OC(=O)c1ccccc1I)c1ccc2c(c1)OCCO2. The average molecular weight is 686 g/mol. The molecule has 0 spiro atoms. The summed E-state index contributed by atoms with van der Waals surface area (Å²) >= 11 is 8.92. The Hall–Kier alpha value is -2.44. The lowest BCUT2D eigenvalue weighted by Gasteiger charge is -2.18. The van der Waals surface area contributed by atoms with Crippen molar-refractivity contribution in [3.63, 3.8) is 0 Å². The number of ether oxygens (including phenoxy) is 3. The van der Waals surface area contributed by atoms with Crippen LogP contribution in [-0.2, 0) is 0 Å². The van der Waals surface area contributed by atoms with Crippen LogP contribution in [0.1, 0.15) is 26.3 Å². The van der Waals surface area contributed by atoms with Gasteiger partial charge in [-0.15, -0.1) is 0 Å². The van der Waals surface area contributed by atoms with Gasteiger partial charge in [-0.1, -0.05) is 28.1 Å². The van der Waals surface area contributed by atoms with Gasteiger partial charge in [-0.2, -0.15) is 5.10 Å². The quantitative estimate of drug-likeness (QED) is 0.125. The Balaban J connectivity index is 1.52. The minimum absolute atomic E-state index is 0.278. The van der Waals surface area contributed by atoms with E-state index in [4.69, 9.17) is 14.2 Å². The van der Waals surface area contributed by atoms with Crippen LogP contribution in [0.15, 0.2) is 68.6 Å². The Morgan fingerprint density at radius 3 is 2.58 bits per heavy atom. The third kappa shape index (κ3) is 5.74. The number of nitrogens with zero attached hydrogens (tertiary/aromatic N) is 1. The molecule has 4 rings (SSSR count). The van der Waals surface area contributed by atoms with Gasteiger partial charge in [0, 0.05) is 19.2 Å². The van der Waals surface area contributed by atoms with Crippen molar-refractivity contribution in [1.82, 2.24) is 5.43 Å². The molecule has 1 heterocycles. The van der Waals surface area contributed by atoms with E-state index in [9.17, 15) is 9.59 Å². The minimum atomic E-state index is -0.502. The van der Waals surface area contributed by atoms with Crippen molar-refractivity contribution < 1.29 is 23.8 Å². The molecule has 0 saturated heterocycles. The Labute approximate surface area is 219 Å². The van der Waals surface area contributed by atoms with Crippen LogP contribution in [0.25, 0.3) is 0 Å². The zero-order valence-electron chi connectivity index (χ0n) is 16.8. The van der Waals surface area contributed by atoms with Gasteiger partial charge >= 0.3 is 5.97 Å². The second-order valence-electron chi connectivity index (χ2n) is 6.73. The van der Waals surface area contributed by atoms with E-state index in [1.54, 1.807) is 42.5 Å². The summed E-state index contributed by atoms with van der Waals surface area (Å²) in [6.07, 6.45) is 1.41. The van der Waals surface area contributed by atoms with Gasteiger partial charge in [0.1, 0.15) is 13.2 Å². The molecule has 1 aliphatic heterocycles. The number of esters is 1. The Kier molecular flexibility index (Phi) is 7.66. The summed E-state index contributed by atoms with van der Waals surface area (Å²) in [5.74, 6) is 0.464. The molecule has 168 valence electrons. The van der Waals surface area contributed by atoms with Crippen molar-refractivity contribution in [3.05, 3.63) is 83.8 Å². The van der Waals surface area contributed by atoms with Gasteiger partial charge in [-0.3, -0.25) is 4.79 Å². The molecule has 0 saturated carbocycles. The van der Waals surface area contributed by atoms with Crippen LogP contribution in [0.4, 0.5) is 0 Å². The first-order valence-electron chi connectivity index (χ1n) is 9.61. The van der Waals surface area contributed by atoms with Crippen molar-refractivity contribution in [2.24, 2.45) is 5.10 Å². The number of benzene rings is 3. The highest BCUT2D eigenvalue weighted by Gasteiger charge is 2.18. The van der Waals surface area contributed by atoms with Crippen molar-refractivity contribution >= 4 is 72.5 Å². The summed E-state index contributed by atoms with van der Waals surface area (Å²) in [5, 5.41) is 4.04. The van der Waals surface area contributed by atoms with Crippen LogP contribution in [0.3, 0.4) is 0 Å². The fraction of sp³-hybridized carbons (Fsp3) is 0.0870. The molecule has 10 heteroatoms. The number of amides is 1. The molecule has 0 atom stereocenters. The lowest BCUT2D eigenvalue weighted by molar-refractivity contribution is 0.0731. The van der Waals surface area contributed by atoms with Crippen LogP contribution in [0, 0.1) is 3.57 Å². The van der Waals surface area contributed by atoms with Crippen LogP contribution < -0.4 is 19.6 Å². The number of hydrogen-bond acceptors (Lipinski definition) is 6. The molecule has 0 aromatic heterocycles. The number of nitrogens with one attached hydrogen (secondary N) is 1. The monoisotopic (exact) mass is 684 g/mol. The van der Waals surface area contributed by atoms with Gasteiger partial charge in [0.15, 0.2) is 17.2 Å². The van der Waals surface area contributed by atoms with Gasteiger partial charge in [-0.05, 0) is 81.0 Å². The van der Waals surface area contributed by atoms with E-state index < -0.39 is 11.9 Å². The van der Waals surface area contributed by atoms with Crippen molar-refractivity contribution in [2.75, 3.05) is 13.2 Å². The maximum absolute atomic E-state index is 12.7. The average Bonchev–Trinajstić information content (AvgIpc) is 2.81. The molecule has 1 N–H and O–H groups in total. The molecule has 0 unspecified atom stereocenters. The largest absolute Gasteiger partial charge is 0.486 e. The van der Waals surface area contributed by atoms with Crippen LogP contribution in [0.5, 0.6) is 17.2 Å². The number of halogens is 3. The second-order valence-corrected chi connectivity index (χ2v) is 9.67. The first-order chi connectivity index (χ1) is 15.9. The number of carbonyl (C=O) groups is 2. The van der Waals surface area contributed by atoms with Crippen LogP contribution in [0.2, 0.25) is 0 Å². The summed E-state index contributed by atoms with van der Waals surface area (Å²) in [4.78, 5) is 25.2. The predicted molar refractivity (Wildman–Crippen MR) is 138 cm³/mol. The van der Waals surface area contributed by atoms with Gasteiger partial charge in [-0.25, -0.2) is 10.2 Å². The molecule has 33 heavy (non-hydrogen) atoms. The molecule has 7 nitrogen and oxygen atoms in total. The standard InChI is InChI=1S/C23H15Br2IN2O5/c24-15-9-14(21(17(25)11-15)33-23(30)16-3-1-2-4-18(16)26)12-27-28-22(29)13-5-6-19-20(10-13)32-8-7-31-19/h1-6,9-12H,7-8H2,(H,28,29)/b27-12-. The third-order valence-electron chi connectivity index (χ3n) is 4.50. The van der Waals surface area contributed by atoms with E-state index in [-0.39, 0.29) is 5.75 Å². The summed E-state index contributed by atoms with van der Waals surface area (Å²) in [5.41, 5.74) is 3.78. The number of fused-ring (bicyclic) bond motifs is 1. The Bertz CT molecular complexity index is 1270. The zero-order chi connectivity index (χ0) is 23.4. The molecule has 0 fully saturated rings. The minimum Gasteiger partial charge on any atom is -0.486 e. The fourth-order valence-corrected chi connectivity index (χ4v) is 4.91. The highest BCUT2D eigenvalue weighted by atomic mass is 127. The molecule has 0 bridgehead atoms. The normalized spacial score (nSPS) is 12.5. The van der Waals surface area contributed by atoms with Crippen molar-refractivity contribution in [2.45, 2.75) is 0 Å². The first-order valence-corrected chi connectivity index (χ1v) is 12.3. The van der Waals surface area contributed by atoms with Gasteiger partial charge in [0.05, 0.1) is 16.3 Å². The summed E-state index contributed by atoms with van der Waals surface area (Å²) in [7, 11) is 0. The van der Waals surface area contributed by atoms with Crippen molar-refractivity contribution in [3.8, 4) is 17.2 Å². The highest BCUT2D eigenvalue weighted by molar-refractivity contribution is 14.1. The lowest BCUT2D eigenvalue weighted by atomic mass is 10.2. The maximum Gasteiger partial charge on any atom is 0.344 e. The molecule has 3 aromatic rings. The number of hydrogen-bond donors (Lipinski definition) is 1. The van der Waals surface area contributed by atoms with Gasteiger partial charge < -0.3 is 14.2 Å². The van der Waals surface area contributed by atoms with E-state index in [0.717, 1.165) is 8.04 Å². The van der Waals surface area contributed by atoms with E-state index in [1.807, 2.05) is 12.1 Å².